The third-order valence-corrected chi connectivity index (χ3v) is 4.21. The Hall–Kier alpha value is 0.420. The van der Waals surface area contributed by atoms with E-state index >= 15 is 0 Å². The zero-order chi connectivity index (χ0) is 14.5. The average Bonchev–Trinajstić information content (AvgIpc) is 2.92. The fraction of sp³-hybridized carbons (Fsp3) is 0.444. The average molecular weight is 345 g/mol. The van der Waals surface area contributed by atoms with Gasteiger partial charge in [0, 0.05) is 12.3 Å². The van der Waals surface area contributed by atoms with Crippen LogP contribution in [0.4, 0.5) is 5.95 Å². The predicted molar refractivity (Wildman–Crippen MR) is 61.7 cm³/mol. The van der Waals surface area contributed by atoms with Crippen molar-refractivity contribution in [2.75, 3.05) is 12.3 Å². The molecule has 2 atom stereocenters. The summed E-state index contributed by atoms with van der Waals surface area (Å²) in [5.74, 6) is -2.05. The molecule has 22 heavy (non-hydrogen) atoms. The summed E-state index contributed by atoms with van der Waals surface area (Å²) in [6.45, 7) is 0.0566. The Morgan fingerprint density at radius 2 is 2.05 bits per heavy atom. The fourth-order valence-corrected chi connectivity index (χ4v) is 2.97. The van der Waals surface area contributed by atoms with Crippen molar-refractivity contribution in [2.24, 2.45) is 0 Å². The molecule has 1 aliphatic rings. The van der Waals surface area contributed by atoms with Gasteiger partial charge in [-0.25, -0.2) is 9.97 Å². The molecule has 1 fully saturated rings. The topological polar surface area (TPSA) is 168 Å². The van der Waals surface area contributed by atoms with Gasteiger partial charge in [-0.1, -0.05) is 0 Å². The zero-order valence-corrected chi connectivity index (χ0v) is 16.9. The molecular formula is C9H10N5Na2O5P. The molecule has 2 aromatic rings. The van der Waals surface area contributed by atoms with Crippen molar-refractivity contribution in [3.05, 3.63) is 6.33 Å². The summed E-state index contributed by atoms with van der Waals surface area (Å²) >= 11 is 0. The minimum atomic E-state index is -4.56. The van der Waals surface area contributed by atoms with Gasteiger partial charge in [0.05, 0.1) is 26.9 Å². The summed E-state index contributed by atoms with van der Waals surface area (Å²) in [5.41, 5.74) is 5.69. The molecule has 0 unspecified atom stereocenters. The Labute approximate surface area is 169 Å². The summed E-state index contributed by atoms with van der Waals surface area (Å²) in [4.78, 5) is 42.4. The maximum atomic E-state index is 11.6. The summed E-state index contributed by atoms with van der Waals surface area (Å²) in [5, 5.41) is 11.6. The minimum Gasteiger partial charge on any atom is -0.857 e. The van der Waals surface area contributed by atoms with Crippen molar-refractivity contribution in [3.8, 4) is 5.88 Å². The van der Waals surface area contributed by atoms with Crippen molar-refractivity contribution in [2.45, 2.75) is 18.3 Å². The van der Waals surface area contributed by atoms with Crippen LogP contribution in [0.2, 0.25) is 0 Å². The first-order valence-electron chi connectivity index (χ1n) is 5.68. The van der Waals surface area contributed by atoms with Gasteiger partial charge in [0.1, 0.15) is 5.52 Å². The molecule has 3 rings (SSSR count). The number of nitrogens with two attached hydrogens (primary N) is 1. The van der Waals surface area contributed by atoms with Gasteiger partial charge in [-0.2, -0.15) is 4.98 Å². The zero-order valence-electron chi connectivity index (χ0n) is 12.0. The Bertz CT molecular complexity index is 666. The van der Waals surface area contributed by atoms with Crippen molar-refractivity contribution >= 4 is 25.1 Å². The molecule has 3 heterocycles. The number of anilines is 1. The number of imidazole rings is 1. The molecule has 3 N–H and O–H groups in total. The summed E-state index contributed by atoms with van der Waals surface area (Å²) < 4.78 is 6.54. The molecule has 0 amide bonds. The molecule has 10 nitrogen and oxygen atoms in total. The van der Waals surface area contributed by atoms with Crippen LogP contribution in [0.15, 0.2) is 6.33 Å². The normalized spacial score (nSPS) is 21.4. The van der Waals surface area contributed by atoms with Crippen LogP contribution in [0.25, 0.3) is 11.2 Å². The molecule has 0 spiro atoms. The van der Waals surface area contributed by atoms with Crippen molar-refractivity contribution in [1.82, 2.24) is 19.5 Å². The molecule has 0 bridgehead atoms. The van der Waals surface area contributed by atoms with Crippen LogP contribution in [0.1, 0.15) is 12.5 Å². The van der Waals surface area contributed by atoms with E-state index in [1.54, 1.807) is 0 Å². The Morgan fingerprint density at radius 1 is 1.36 bits per heavy atom. The largest absolute Gasteiger partial charge is 1.00 e. The molecule has 0 aromatic carbocycles. The van der Waals surface area contributed by atoms with Gasteiger partial charge in [0.25, 0.3) is 0 Å². The van der Waals surface area contributed by atoms with Gasteiger partial charge in [-0.15, -0.1) is 0 Å². The van der Waals surface area contributed by atoms with Crippen LogP contribution in [-0.4, -0.2) is 36.9 Å². The van der Waals surface area contributed by atoms with Crippen LogP contribution < -0.4 is 79.7 Å². The van der Waals surface area contributed by atoms with Gasteiger partial charge >= 0.3 is 59.1 Å². The molecule has 0 radical (unpaired) electrons. The smallest absolute Gasteiger partial charge is 0.857 e. The van der Waals surface area contributed by atoms with E-state index in [9.17, 15) is 14.9 Å². The van der Waals surface area contributed by atoms with E-state index in [0.29, 0.717) is 0 Å². The molecule has 1 saturated heterocycles. The summed E-state index contributed by atoms with van der Waals surface area (Å²) in [7, 11) is -4.56. The first-order valence-corrected chi connectivity index (χ1v) is 7.33. The second kappa shape index (κ2) is 7.54. The Kier molecular flexibility index (Phi) is 7.01. The van der Waals surface area contributed by atoms with Crippen LogP contribution in [0.5, 0.6) is 5.88 Å². The monoisotopic (exact) mass is 345 g/mol. The van der Waals surface area contributed by atoms with E-state index in [1.165, 1.54) is 10.9 Å². The summed E-state index contributed by atoms with van der Waals surface area (Å²) in [6.07, 6.45) is 1.39. The SMILES string of the molecule is Nc1nc([O-])c2ncn([C@H]3CO[C@@H]([P+]([O-])([O-])O)C3)c2n1.[Na+].[Na+]. The van der Waals surface area contributed by atoms with E-state index in [2.05, 4.69) is 15.0 Å². The molecule has 108 valence electrons. The fourth-order valence-electron chi connectivity index (χ4n) is 2.19. The number of fused-ring (bicyclic) bond motifs is 1. The number of hydrogen-bond donors (Lipinski definition) is 2. The number of rotatable bonds is 2. The molecule has 1 aliphatic heterocycles. The number of ether oxygens (including phenoxy) is 1. The minimum absolute atomic E-state index is 0. The number of aromatic nitrogens is 4. The first kappa shape index (κ1) is 20.5. The van der Waals surface area contributed by atoms with Gasteiger partial charge in [-0.3, -0.25) is 4.89 Å². The van der Waals surface area contributed by atoms with E-state index in [0.717, 1.165) is 0 Å². The quantitative estimate of drug-likeness (QED) is 0.396. The first-order chi connectivity index (χ1) is 9.36. The van der Waals surface area contributed by atoms with Gasteiger partial charge in [0.15, 0.2) is 11.5 Å². The van der Waals surface area contributed by atoms with E-state index < -0.39 is 25.7 Å². The van der Waals surface area contributed by atoms with Crippen LogP contribution >= 0.6 is 7.94 Å². The molecule has 0 saturated carbocycles. The van der Waals surface area contributed by atoms with E-state index in [-0.39, 0.29) is 89.3 Å². The molecular weight excluding hydrogens is 335 g/mol. The third-order valence-electron chi connectivity index (χ3n) is 3.12. The molecule has 2 aromatic heterocycles. The van der Waals surface area contributed by atoms with Crippen LogP contribution in [0, 0.1) is 0 Å². The Balaban J connectivity index is 0.00000121. The maximum Gasteiger partial charge on any atom is 1.00 e. The van der Waals surface area contributed by atoms with Gasteiger partial charge < -0.3 is 29.9 Å². The van der Waals surface area contributed by atoms with E-state index in [1.807, 2.05) is 0 Å². The third kappa shape index (κ3) is 3.90. The Morgan fingerprint density at radius 3 is 2.64 bits per heavy atom. The number of nitrogen functional groups attached to an aromatic ring is 1. The summed E-state index contributed by atoms with van der Waals surface area (Å²) in [6, 6.07) is -0.409. The standard InChI is InChI=1S/C9H12N5O5P.2Na/c10-9-12-7-6(8(15)13-9)11-3-14(7)4-1-5(19-2-4)20(16,17)18;;/h3-5H,1-2H2,(H2,16,17,18)(H3,10,12,13,15);;/q;2*+1/p-2/t4-,5+;;/m1../s1. The number of nitrogens with zero attached hydrogens (tertiary/aromatic N) is 4. The van der Waals surface area contributed by atoms with Gasteiger partial charge in [-0.05, 0) is 0 Å². The van der Waals surface area contributed by atoms with Crippen molar-refractivity contribution in [3.63, 3.8) is 0 Å². The molecule has 0 aliphatic carbocycles. The maximum absolute atomic E-state index is 11.6. The second-order valence-corrected chi connectivity index (χ2v) is 6.16. The van der Waals surface area contributed by atoms with E-state index in [4.69, 9.17) is 15.4 Å². The second-order valence-electron chi connectivity index (χ2n) is 4.45. The van der Waals surface area contributed by atoms with Crippen LogP contribution in [0.3, 0.4) is 0 Å². The number of hydrogen-bond acceptors (Lipinski definition) is 9. The predicted octanol–water partition coefficient (Wildman–Crippen LogP) is -8.75. The molecule has 13 heteroatoms. The van der Waals surface area contributed by atoms with Crippen molar-refractivity contribution < 1.29 is 83.6 Å². The van der Waals surface area contributed by atoms with Crippen LogP contribution in [-0.2, 0) is 4.74 Å². The van der Waals surface area contributed by atoms with Crippen molar-refractivity contribution in [1.29, 1.82) is 0 Å². The van der Waals surface area contributed by atoms with Gasteiger partial charge in [0.2, 0.25) is 5.95 Å².